The van der Waals surface area contributed by atoms with Gasteiger partial charge in [-0.2, -0.15) is 5.10 Å². The molecule has 0 spiro atoms. The quantitative estimate of drug-likeness (QED) is 0.392. The summed E-state index contributed by atoms with van der Waals surface area (Å²) in [5.41, 5.74) is 1.18. The first-order chi connectivity index (χ1) is 16.8. The van der Waals surface area contributed by atoms with E-state index in [-0.39, 0.29) is 24.0 Å². The van der Waals surface area contributed by atoms with Crippen LogP contribution in [0.15, 0.2) is 65.5 Å². The summed E-state index contributed by atoms with van der Waals surface area (Å²) < 4.78 is 45.0. The molecule has 2 aromatic heterocycles. The van der Waals surface area contributed by atoms with Crippen LogP contribution >= 0.6 is 0 Å². The molecule has 0 fully saturated rings. The van der Waals surface area contributed by atoms with Crippen LogP contribution in [0.5, 0.6) is 0 Å². The van der Waals surface area contributed by atoms with Crippen molar-refractivity contribution < 1.29 is 23.1 Å². The van der Waals surface area contributed by atoms with Gasteiger partial charge in [-0.3, -0.25) is 9.59 Å². The second kappa shape index (κ2) is 8.43. The van der Waals surface area contributed by atoms with Gasteiger partial charge >= 0.3 is 5.97 Å². The summed E-state index contributed by atoms with van der Waals surface area (Å²) in [6, 6.07) is 14.4. The molecular weight excluding hydrogens is 459 g/mol. The van der Waals surface area contributed by atoms with Crippen LogP contribution in [0, 0.1) is 24.4 Å². The third-order valence-corrected chi connectivity index (χ3v) is 6.04. The number of halogens is 3. The number of carboxylic acid groups (broad SMARTS) is 1. The molecule has 0 bridgehead atoms. The molecule has 0 radical (unpaired) electrons. The van der Waals surface area contributed by atoms with Crippen LogP contribution in [0.4, 0.5) is 13.2 Å². The molecule has 5 rings (SSSR count). The summed E-state index contributed by atoms with van der Waals surface area (Å²) in [5, 5.41) is 15.1. The van der Waals surface area contributed by atoms with Crippen LogP contribution < -0.4 is 5.56 Å². The highest BCUT2D eigenvalue weighted by molar-refractivity contribution is 6.05. The van der Waals surface area contributed by atoms with Gasteiger partial charge in [0.2, 0.25) is 0 Å². The number of carbonyl (C=O) groups is 1. The van der Waals surface area contributed by atoms with Crippen LogP contribution in [0.2, 0.25) is 0 Å². The Labute approximate surface area is 196 Å². The Morgan fingerprint density at radius 3 is 2.46 bits per heavy atom. The van der Waals surface area contributed by atoms with Gasteiger partial charge in [-0.1, -0.05) is 30.3 Å². The van der Waals surface area contributed by atoms with E-state index in [0.717, 1.165) is 10.7 Å². The highest BCUT2D eigenvalue weighted by Crippen LogP contribution is 2.37. The van der Waals surface area contributed by atoms with Crippen LogP contribution in [-0.2, 0) is 17.9 Å². The number of hydrogen-bond acceptors (Lipinski definition) is 3. The fourth-order valence-corrected chi connectivity index (χ4v) is 4.45. The summed E-state index contributed by atoms with van der Waals surface area (Å²) in [6.07, 6.45) is 0. The third kappa shape index (κ3) is 3.74. The summed E-state index contributed by atoms with van der Waals surface area (Å²) in [5.74, 6) is -3.72. The second-order valence-electron chi connectivity index (χ2n) is 8.17. The van der Waals surface area contributed by atoms with E-state index in [2.05, 4.69) is 5.10 Å². The van der Waals surface area contributed by atoms with Crippen LogP contribution in [-0.4, -0.2) is 25.4 Å². The average Bonchev–Trinajstić information content (AvgIpc) is 3.08. The molecule has 0 saturated carbocycles. The van der Waals surface area contributed by atoms with Crippen molar-refractivity contribution in [3.63, 3.8) is 0 Å². The molecule has 3 aromatic carbocycles. The molecule has 176 valence electrons. The summed E-state index contributed by atoms with van der Waals surface area (Å²) in [6.45, 7) is 0.996. The molecule has 0 atom stereocenters. The number of carboxylic acids is 1. The van der Waals surface area contributed by atoms with Crippen molar-refractivity contribution in [2.24, 2.45) is 0 Å². The zero-order valence-electron chi connectivity index (χ0n) is 18.4. The maximum absolute atomic E-state index is 14.4. The maximum atomic E-state index is 14.4. The molecular formula is C26H18F3N3O3. The lowest BCUT2D eigenvalue weighted by Crippen LogP contribution is -2.25. The van der Waals surface area contributed by atoms with Gasteiger partial charge in [0.1, 0.15) is 18.1 Å². The summed E-state index contributed by atoms with van der Waals surface area (Å²) in [4.78, 5) is 24.7. The van der Waals surface area contributed by atoms with Crippen molar-refractivity contribution in [3.05, 3.63) is 99.7 Å². The number of benzene rings is 3. The molecule has 0 unspecified atom stereocenters. The van der Waals surface area contributed by atoms with Crippen LogP contribution in [0.25, 0.3) is 32.9 Å². The first kappa shape index (κ1) is 22.4. The van der Waals surface area contributed by atoms with Gasteiger partial charge in [-0.15, -0.1) is 0 Å². The first-order valence-electron chi connectivity index (χ1n) is 10.7. The van der Waals surface area contributed by atoms with Crippen molar-refractivity contribution >= 4 is 27.6 Å². The predicted molar refractivity (Wildman–Crippen MR) is 125 cm³/mol. The summed E-state index contributed by atoms with van der Waals surface area (Å²) in [7, 11) is 0. The number of fused-ring (bicyclic) bond motifs is 2. The Balaban J connectivity index is 1.84. The van der Waals surface area contributed by atoms with Crippen molar-refractivity contribution in [2.75, 3.05) is 0 Å². The zero-order valence-corrected chi connectivity index (χ0v) is 18.4. The Morgan fingerprint density at radius 1 is 0.971 bits per heavy atom. The molecule has 5 aromatic rings. The van der Waals surface area contributed by atoms with E-state index in [4.69, 9.17) is 0 Å². The SMILES string of the molecule is Cc1c(-c2nn(Cc3cccc(F)c3F)c(=O)c3ccccc23)c2cc(F)ccc2n1CC(=O)O. The molecule has 0 aliphatic carbocycles. The van der Waals surface area contributed by atoms with Gasteiger partial charge in [0, 0.05) is 33.1 Å². The minimum absolute atomic E-state index is 0.0584. The molecule has 35 heavy (non-hydrogen) atoms. The first-order valence-corrected chi connectivity index (χ1v) is 10.7. The van der Waals surface area contributed by atoms with E-state index in [1.807, 2.05) is 0 Å². The van der Waals surface area contributed by atoms with Crippen LogP contribution in [0.1, 0.15) is 11.3 Å². The van der Waals surface area contributed by atoms with Crippen molar-refractivity contribution in [3.8, 4) is 11.3 Å². The topological polar surface area (TPSA) is 77.1 Å². The van der Waals surface area contributed by atoms with Gasteiger partial charge in [0.15, 0.2) is 11.6 Å². The Morgan fingerprint density at radius 2 is 1.71 bits per heavy atom. The lowest BCUT2D eigenvalue weighted by Gasteiger charge is -2.13. The van der Waals surface area contributed by atoms with Crippen molar-refractivity contribution in [1.29, 1.82) is 0 Å². The van der Waals surface area contributed by atoms with Gasteiger partial charge in [-0.05, 0) is 37.3 Å². The van der Waals surface area contributed by atoms with E-state index in [0.29, 0.717) is 33.2 Å². The molecule has 0 aliphatic heterocycles. The maximum Gasteiger partial charge on any atom is 0.323 e. The lowest BCUT2D eigenvalue weighted by atomic mass is 10.0. The van der Waals surface area contributed by atoms with Gasteiger partial charge < -0.3 is 9.67 Å². The molecule has 0 aliphatic rings. The molecule has 1 N–H and O–H groups in total. The Bertz CT molecular complexity index is 1710. The lowest BCUT2D eigenvalue weighted by molar-refractivity contribution is -0.137. The van der Waals surface area contributed by atoms with Crippen molar-refractivity contribution in [2.45, 2.75) is 20.0 Å². The number of nitrogens with zero attached hydrogens (tertiary/aromatic N) is 3. The zero-order chi connectivity index (χ0) is 24.9. The molecule has 2 heterocycles. The van der Waals surface area contributed by atoms with Crippen molar-refractivity contribution in [1.82, 2.24) is 14.3 Å². The van der Waals surface area contributed by atoms with E-state index in [9.17, 15) is 27.9 Å². The molecule has 0 amide bonds. The van der Waals surface area contributed by atoms with E-state index in [1.54, 1.807) is 31.2 Å². The largest absolute Gasteiger partial charge is 0.480 e. The normalized spacial score (nSPS) is 11.4. The fraction of sp³-hybridized carbons (Fsp3) is 0.115. The number of hydrogen-bond donors (Lipinski definition) is 1. The highest BCUT2D eigenvalue weighted by atomic mass is 19.2. The second-order valence-corrected chi connectivity index (χ2v) is 8.17. The predicted octanol–water partition coefficient (Wildman–Crippen LogP) is 4.88. The van der Waals surface area contributed by atoms with Crippen LogP contribution in [0.3, 0.4) is 0 Å². The number of aromatic nitrogens is 3. The van der Waals surface area contributed by atoms with E-state index < -0.39 is 29.0 Å². The monoisotopic (exact) mass is 477 g/mol. The highest BCUT2D eigenvalue weighted by Gasteiger charge is 2.22. The Kier molecular flexibility index (Phi) is 5.39. The summed E-state index contributed by atoms with van der Waals surface area (Å²) >= 11 is 0. The Hall–Kier alpha value is -4.40. The third-order valence-electron chi connectivity index (χ3n) is 6.04. The number of rotatable bonds is 5. The smallest absolute Gasteiger partial charge is 0.323 e. The van der Waals surface area contributed by atoms with Gasteiger partial charge in [0.05, 0.1) is 11.9 Å². The van der Waals surface area contributed by atoms with Gasteiger partial charge in [0.25, 0.3) is 5.56 Å². The standard InChI is InChI=1S/C26H18F3N3O3/c1-14-23(19-11-16(27)9-10-21(19)31(14)13-22(33)34)25-17-6-2-3-7-18(17)26(35)32(30-25)12-15-5-4-8-20(28)24(15)29/h2-11H,12-13H2,1H3,(H,33,34). The molecule has 9 heteroatoms. The number of aliphatic carboxylic acids is 1. The van der Waals surface area contributed by atoms with Gasteiger partial charge in [-0.25, -0.2) is 17.9 Å². The average molecular weight is 477 g/mol. The molecule has 6 nitrogen and oxygen atoms in total. The van der Waals surface area contributed by atoms with E-state index >= 15 is 0 Å². The molecule has 0 saturated heterocycles. The van der Waals surface area contributed by atoms with E-state index in [1.165, 1.54) is 34.9 Å². The fourth-order valence-electron chi connectivity index (χ4n) is 4.45. The minimum Gasteiger partial charge on any atom is -0.480 e. The minimum atomic E-state index is -1.08.